The van der Waals surface area contributed by atoms with E-state index in [9.17, 15) is 22.8 Å². The summed E-state index contributed by atoms with van der Waals surface area (Å²) in [5.74, 6) is -1.07. The van der Waals surface area contributed by atoms with Crippen LogP contribution >= 0.6 is 0 Å². The Hall–Kier alpha value is -2.26. The highest BCUT2D eigenvalue weighted by Gasteiger charge is 2.26. The molecule has 8 nitrogen and oxygen atoms in total. The first-order valence-electron chi connectivity index (χ1n) is 7.30. The number of hydrogen-bond acceptors (Lipinski definition) is 6. The standard InChI is InChI=1S/C15H20N2O6S/c1-4-17(10-14(19)16-15(20)23-5-2)24(21,22)13-8-6-7-12(9-13)11(3)18/h6-9H,4-5,10H2,1-3H3,(H,16,19,20). The number of amides is 2. The van der Waals surface area contributed by atoms with E-state index < -0.39 is 28.6 Å². The van der Waals surface area contributed by atoms with Gasteiger partial charge in [-0.1, -0.05) is 19.1 Å². The number of hydrogen-bond donors (Lipinski definition) is 1. The van der Waals surface area contributed by atoms with Gasteiger partial charge in [0.2, 0.25) is 15.9 Å². The smallest absolute Gasteiger partial charge is 0.413 e. The molecule has 24 heavy (non-hydrogen) atoms. The first-order valence-corrected chi connectivity index (χ1v) is 8.74. The van der Waals surface area contributed by atoms with Crippen LogP contribution in [0, 0.1) is 0 Å². The maximum Gasteiger partial charge on any atom is 0.413 e. The van der Waals surface area contributed by atoms with Gasteiger partial charge in [0.15, 0.2) is 5.78 Å². The van der Waals surface area contributed by atoms with Crippen molar-refractivity contribution in [3.8, 4) is 0 Å². The van der Waals surface area contributed by atoms with Gasteiger partial charge in [0, 0.05) is 12.1 Å². The molecule has 132 valence electrons. The molecule has 0 aliphatic heterocycles. The fourth-order valence-electron chi connectivity index (χ4n) is 1.87. The average Bonchev–Trinajstić information content (AvgIpc) is 2.52. The first kappa shape index (κ1) is 19.8. The van der Waals surface area contributed by atoms with E-state index in [2.05, 4.69) is 4.74 Å². The van der Waals surface area contributed by atoms with Crippen molar-refractivity contribution in [3.63, 3.8) is 0 Å². The molecular formula is C15H20N2O6S. The summed E-state index contributed by atoms with van der Waals surface area (Å²) in [5, 5.41) is 1.94. The van der Waals surface area contributed by atoms with Crippen LogP contribution < -0.4 is 5.32 Å². The molecule has 0 fully saturated rings. The molecule has 0 unspecified atom stereocenters. The summed E-state index contributed by atoms with van der Waals surface area (Å²) in [4.78, 5) is 34.3. The van der Waals surface area contributed by atoms with Crippen molar-refractivity contribution in [3.05, 3.63) is 29.8 Å². The van der Waals surface area contributed by atoms with Crippen LogP contribution in [0.4, 0.5) is 4.79 Å². The van der Waals surface area contributed by atoms with Gasteiger partial charge in [0.1, 0.15) is 0 Å². The fourth-order valence-corrected chi connectivity index (χ4v) is 3.32. The molecule has 0 aliphatic rings. The minimum absolute atomic E-state index is 0.0167. The summed E-state index contributed by atoms with van der Waals surface area (Å²) < 4.78 is 30.7. The second kappa shape index (κ2) is 8.55. The Labute approximate surface area is 140 Å². The number of carbonyl (C=O) groups excluding carboxylic acids is 3. The van der Waals surface area contributed by atoms with Gasteiger partial charge < -0.3 is 4.74 Å². The van der Waals surface area contributed by atoms with E-state index >= 15 is 0 Å². The van der Waals surface area contributed by atoms with E-state index in [1.807, 2.05) is 5.32 Å². The van der Waals surface area contributed by atoms with Crippen molar-refractivity contribution in [2.45, 2.75) is 25.7 Å². The summed E-state index contributed by atoms with van der Waals surface area (Å²) in [7, 11) is -3.98. The lowest BCUT2D eigenvalue weighted by molar-refractivity contribution is -0.120. The molecule has 0 aliphatic carbocycles. The quantitative estimate of drug-likeness (QED) is 0.735. The average molecular weight is 356 g/mol. The van der Waals surface area contributed by atoms with Gasteiger partial charge in [-0.15, -0.1) is 0 Å². The van der Waals surface area contributed by atoms with E-state index in [4.69, 9.17) is 0 Å². The van der Waals surface area contributed by atoms with E-state index in [0.29, 0.717) is 0 Å². The molecule has 1 aromatic rings. The van der Waals surface area contributed by atoms with E-state index in [0.717, 1.165) is 4.31 Å². The molecule has 1 N–H and O–H groups in total. The maximum absolute atomic E-state index is 12.6. The summed E-state index contributed by atoms with van der Waals surface area (Å²) in [6.45, 7) is 4.03. The molecule has 9 heteroatoms. The predicted octanol–water partition coefficient (Wildman–Crippen LogP) is 1.17. The molecule has 0 radical (unpaired) electrons. The summed E-state index contributed by atoms with van der Waals surface area (Å²) >= 11 is 0. The van der Waals surface area contributed by atoms with Crippen molar-refractivity contribution in [1.82, 2.24) is 9.62 Å². The van der Waals surface area contributed by atoms with Gasteiger partial charge in [0.25, 0.3) is 0 Å². The third kappa shape index (κ3) is 5.14. The molecule has 1 aromatic carbocycles. The Morgan fingerprint density at radius 2 is 1.88 bits per heavy atom. The molecule has 0 spiro atoms. The van der Waals surface area contributed by atoms with Crippen LogP contribution in [0.1, 0.15) is 31.1 Å². The van der Waals surface area contributed by atoms with Crippen LogP contribution in [0.2, 0.25) is 0 Å². The highest BCUT2D eigenvalue weighted by molar-refractivity contribution is 7.89. The summed E-state index contributed by atoms with van der Waals surface area (Å²) in [6.07, 6.45) is -0.936. The summed E-state index contributed by atoms with van der Waals surface area (Å²) in [6, 6.07) is 5.55. The number of imide groups is 1. The Bertz CT molecular complexity index is 729. The number of benzene rings is 1. The zero-order chi connectivity index (χ0) is 18.3. The van der Waals surface area contributed by atoms with Gasteiger partial charge >= 0.3 is 6.09 Å². The van der Waals surface area contributed by atoms with Gasteiger partial charge in [-0.3, -0.25) is 14.9 Å². The number of carbonyl (C=O) groups is 3. The lowest BCUT2D eigenvalue weighted by Gasteiger charge is -2.20. The molecule has 0 saturated heterocycles. The van der Waals surface area contributed by atoms with Crippen LogP contribution in [-0.4, -0.2) is 50.2 Å². The lowest BCUT2D eigenvalue weighted by Crippen LogP contribution is -2.42. The third-order valence-corrected chi connectivity index (χ3v) is 4.98. The van der Waals surface area contributed by atoms with E-state index in [-0.39, 0.29) is 29.4 Å². The molecule has 0 bridgehead atoms. The van der Waals surface area contributed by atoms with Gasteiger partial charge in [-0.25, -0.2) is 13.2 Å². The van der Waals surface area contributed by atoms with Gasteiger partial charge in [-0.2, -0.15) is 4.31 Å². The predicted molar refractivity (Wildman–Crippen MR) is 86.0 cm³/mol. The molecule has 0 saturated carbocycles. The SMILES string of the molecule is CCOC(=O)NC(=O)CN(CC)S(=O)(=O)c1cccc(C(C)=O)c1. The maximum atomic E-state index is 12.6. The first-order chi connectivity index (χ1) is 11.2. The second-order valence-corrected chi connectivity index (χ2v) is 6.72. The Kier molecular flexibility index (Phi) is 7.05. The Balaban J connectivity index is 2.97. The van der Waals surface area contributed by atoms with Crippen LogP contribution in [0.5, 0.6) is 0 Å². The zero-order valence-corrected chi connectivity index (χ0v) is 14.6. The topological polar surface area (TPSA) is 110 Å². The van der Waals surface area contributed by atoms with Crippen molar-refractivity contribution >= 4 is 27.8 Å². The number of rotatable bonds is 7. The highest BCUT2D eigenvalue weighted by atomic mass is 32.2. The van der Waals surface area contributed by atoms with Gasteiger partial charge in [-0.05, 0) is 26.0 Å². The number of nitrogens with zero attached hydrogens (tertiary/aromatic N) is 1. The van der Waals surface area contributed by atoms with Crippen molar-refractivity contribution in [2.75, 3.05) is 19.7 Å². The lowest BCUT2D eigenvalue weighted by atomic mass is 10.2. The number of Topliss-reactive ketones (excluding diaryl/α,β-unsaturated/α-hetero) is 1. The second-order valence-electron chi connectivity index (χ2n) is 4.78. The minimum Gasteiger partial charge on any atom is -0.450 e. The Morgan fingerprint density at radius 3 is 2.42 bits per heavy atom. The van der Waals surface area contributed by atoms with Crippen LogP contribution in [0.25, 0.3) is 0 Å². The number of sulfonamides is 1. The van der Waals surface area contributed by atoms with Crippen molar-refractivity contribution < 1.29 is 27.5 Å². The molecular weight excluding hydrogens is 336 g/mol. The largest absolute Gasteiger partial charge is 0.450 e. The number of alkyl carbamates (subject to hydrolysis) is 1. The molecule has 2 amide bonds. The third-order valence-electron chi connectivity index (χ3n) is 3.07. The van der Waals surface area contributed by atoms with Crippen molar-refractivity contribution in [1.29, 1.82) is 0 Å². The zero-order valence-electron chi connectivity index (χ0n) is 13.7. The number of nitrogens with one attached hydrogen (secondary N) is 1. The molecule has 0 heterocycles. The van der Waals surface area contributed by atoms with Crippen molar-refractivity contribution in [2.24, 2.45) is 0 Å². The fraction of sp³-hybridized carbons (Fsp3) is 0.400. The van der Waals surface area contributed by atoms with E-state index in [1.165, 1.54) is 31.2 Å². The Morgan fingerprint density at radius 1 is 1.21 bits per heavy atom. The minimum atomic E-state index is -3.98. The normalized spacial score (nSPS) is 11.2. The van der Waals surface area contributed by atoms with Gasteiger partial charge in [0.05, 0.1) is 18.0 Å². The van der Waals surface area contributed by atoms with E-state index in [1.54, 1.807) is 13.8 Å². The number of ether oxygens (including phenoxy) is 1. The molecule has 0 atom stereocenters. The van der Waals surface area contributed by atoms with Crippen LogP contribution in [-0.2, 0) is 19.6 Å². The highest BCUT2D eigenvalue weighted by Crippen LogP contribution is 2.17. The number of likely N-dealkylation sites (N-methyl/N-ethyl adjacent to an activating group) is 1. The number of ketones is 1. The molecule has 0 aromatic heterocycles. The monoisotopic (exact) mass is 356 g/mol. The molecule has 1 rings (SSSR count). The summed E-state index contributed by atoms with van der Waals surface area (Å²) in [5.41, 5.74) is 0.253. The van der Waals surface area contributed by atoms with Crippen LogP contribution in [0.3, 0.4) is 0 Å². The van der Waals surface area contributed by atoms with Crippen LogP contribution in [0.15, 0.2) is 29.2 Å².